The van der Waals surface area contributed by atoms with E-state index < -0.39 is 0 Å². The normalized spacial score (nSPS) is 24.3. The molecule has 2 atom stereocenters. The van der Waals surface area contributed by atoms with Gasteiger partial charge in [-0.2, -0.15) is 0 Å². The molecular weight excluding hydrogens is 236 g/mol. The Labute approximate surface area is 115 Å². The Morgan fingerprint density at radius 1 is 1.32 bits per heavy atom. The van der Waals surface area contributed by atoms with Crippen LogP contribution in [0.1, 0.15) is 37.4 Å². The van der Waals surface area contributed by atoms with E-state index in [1.165, 1.54) is 36.3 Å². The predicted molar refractivity (Wildman–Crippen MR) is 77.5 cm³/mol. The summed E-state index contributed by atoms with van der Waals surface area (Å²) in [7, 11) is 2.06. The largest absolute Gasteiger partial charge is 0.356 e. The lowest BCUT2D eigenvalue weighted by atomic mass is 9.91. The Hall–Kier alpha value is -1.16. The summed E-state index contributed by atoms with van der Waals surface area (Å²) in [6, 6.07) is 0.581. The van der Waals surface area contributed by atoms with Crippen molar-refractivity contribution in [3.05, 3.63) is 17.6 Å². The molecule has 0 amide bonds. The van der Waals surface area contributed by atoms with E-state index in [4.69, 9.17) is 0 Å². The minimum atomic E-state index is 0.581. The summed E-state index contributed by atoms with van der Waals surface area (Å²) in [5.74, 6) is 1.95. The van der Waals surface area contributed by atoms with Crippen molar-refractivity contribution >= 4 is 5.82 Å². The van der Waals surface area contributed by atoms with Gasteiger partial charge in [-0.3, -0.25) is 0 Å². The number of nitrogens with zero attached hydrogens (tertiary/aromatic N) is 3. The fourth-order valence-electron chi connectivity index (χ4n) is 3.46. The van der Waals surface area contributed by atoms with Gasteiger partial charge in [-0.25, -0.2) is 9.97 Å². The van der Waals surface area contributed by atoms with Crippen LogP contribution in [0.3, 0.4) is 0 Å². The second kappa shape index (κ2) is 5.45. The first-order valence-electron chi connectivity index (χ1n) is 7.54. The highest BCUT2D eigenvalue weighted by Gasteiger charge is 2.27. The Balaban J connectivity index is 1.81. The van der Waals surface area contributed by atoms with Gasteiger partial charge in [0.05, 0.1) is 0 Å². The monoisotopic (exact) mass is 260 g/mol. The maximum absolute atomic E-state index is 4.59. The number of anilines is 1. The molecule has 0 aromatic carbocycles. The second-order valence-corrected chi connectivity index (χ2v) is 5.90. The van der Waals surface area contributed by atoms with E-state index in [0.29, 0.717) is 6.04 Å². The van der Waals surface area contributed by atoms with E-state index in [1.54, 1.807) is 6.33 Å². The third-order valence-electron chi connectivity index (χ3n) is 4.77. The van der Waals surface area contributed by atoms with E-state index >= 15 is 0 Å². The molecule has 0 radical (unpaired) electrons. The summed E-state index contributed by atoms with van der Waals surface area (Å²) < 4.78 is 0. The molecule has 1 aliphatic carbocycles. The molecule has 0 bridgehead atoms. The molecule has 104 valence electrons. The number of aromatic nitrogens is 2. The Kier molecular flexibility index (Phi) is 3.69. The van der Waals surface area contributed by atoms with Gasteiger partial charge in [-0.15, -0.1) is 0 Å². The second-order valence-electron chi connectivity index (χ2n) is 5.90. The van der Waals surface area contributed by atoms with Gasteiger partial charge in [-0.05, 0) is 52.0 Å². The number of aryl methyl sites for hydroxylation is 1. The third kappa shape index (κ3) is 2.46. The number of fused-ring (bicyclic) bond motifs is 1. The highest BCUT2D eigenvalue weighted by Crippen LogP contribution is 2.31. The summed E-state index contributed by atoms with van der Waals surface area (Å²) in [4.78, 5) is 11.5. The van der Waals surface area contributed by atoms with Crippen molar-refractivity contribution in [2.45, 2.75) is 45.1 Å². The summed E-state index contributed by atoms with van der Waals surface area (Å²) in [5.41, 5.74) is 2.70. The first-order chi connectivity index (χ1) is 9.29. The van der Waals surface area contributed by atoms with Crippen molar-refractivity contribution in [1.29, 1.82) is 0 Å². The van der Waals surface area contributed by atoms with Gasteiger partial charge in [0.25, 0.3) is 0 Å². The van der Waals surface area contributed by atoms with Crippen LogP contribution in [0.25, 0.3) is 0 Å². The zero-order valence-corrected chi connectivity index (χ0v) is 12.0. The first-order valence-corrected chi connectivity index (χ1v) is 7.54. The van der Waals surface area contributed by atoms with E-state index in [0.717, 1.165) is 31.8 Å². The number of hydrogen-bond acceptors (Lipinski definition) is 4. The fourth-order valence-corrected chi connectivity index (χ4v) is 3.46. The lowest BCUT2D eigenvalue weighted by Crippen LogP contribution is -2.44. The summed E-state index contributed by atoms with van der Waals surface area (Å²) in [5, 5.41) is 3.40. The van der Waals surface area contributed by atoms with E-state index in [-0.39, 0.29) is 0 Å². The molecule has 1 saturated heterocycles. The average Bonchev–Trinajstić information content (AvgIpc) is 2.94. The molecule has 1 aliphatic heterocycles. The van der Waals surface area contributed by atoms with Gasteiger partial charge in [0.15, 0.2) is 0 Å². The lowest BCUT2D eigenvalue weighted by Gasteiger charge is -2.37. The molecule has 2 aliphatic rings. The van der Waals surface area contributed by atoms with Crippen LogP contribution < -0.4 is 10.2 Å². The van der Waals surface area contributed by atoms with E-state index in [9.17, 15) is 0 Å². The van der Waals surface area contributed by atoms with Crippen LogP contribution in [0.4, 0.5) is 5.82 Å². The van der Waals surface area contributed by atoms with Crippen molar-refractivity contribution in [2.24, 2.45) is 5.92 Å². The SMILES string of the molecule is CNC(C)C1CCCN(c2ncnc3c2CCC3)C1. The number of nitrogens with one attached hydrogen (secondary N) is 1. The number of hydrogen-bond donors (Lipinski definition) is 1. The topological polar surface area (TPSA) is 41.0 Å². The number of piperidine rings is 1. The zero-order chi connectivity index (χ0) is 13.2. The van der Waals surface area contributed by atoms with Crippen molar-refractivity contribution in [1.82, 2.24) is 15.3 Å². The molecule has 0 saturated carbocycles. The van der Waals surface area contributed by atoms with Crippen LogP contribution >= 0.6 is 0 Å². The molecule has 4 nitrogen and oxygen atoms in total. The molecule has 1 fully saturated rings. The van der Waals surface area contributed by atoms with Gasteiger partial charge in [0.1, 0.15) is 12.1 Å². The first kappa shape index (κ1) is 12.9. The minimum absolute atomic E-state index is 0.581. The molecule has 19 heavy (non-hydrogen) atoms. The Morgan fingerprint density at radius 2 is 2.21 bits per heavy atom. The van der Waals surface area contributed by atoms with Crippen LogP contribution in [0, 0.1) is 5.92 Å². The Morgan fingerprint density at radius 3 is 3.05 bits per heavy atom. The van der Waals surface area contributed by atoms with Crippen molar-refractivity contribution in [3.63, 3.8) is 0 Å². The molecule has 1 N–H and O–H groups in total. The number of rotatable bonds is 3. The Bertz CT molecular complexity index is 446. The molecule has 2 heterocycles. The molecule has 3 rings (SSSR count). The molecule has 1 aromatic rings. The summed E-state index contributed by atoms with van der Waals surface area (Å²) in [6.07, 6.45) is 7.89. The molecule has 4 heteroatoms. The van der Waals surface area contributed by atoms with Crippen LogP contribution in [0.2, 0.25) is 0 Å². The third-order valence-corrected chi connectivity index (χ3v) is 4.77. The van der Waals surface area contributed by atoms with Crippen molar-refractivity contribution in [2.75, 3.05) is 25.0 Å². The van der Waals surface area contributed by atoms with Gasteiger partial charge in [-0.1, -0.05) is 0 Å². The van der Waals surface area contributed by atoms with Gasteiger partial charge in [0.2, 0.25) is 0 Å². The highest BCUT2D eigenvalue weighted by molar-refractivity contribution is 5.50. The van der Waals surface area contributed by atoms with Gasteiger partial charge < -0.3 is 10.2 Å². The average molecular weight is 260 g/mol. The van der Waals surface area contributed by atoms with Crippen molar-refractivity contribution < 1.29 is 0 Å². The summed E-state index contributed by atoms with van der Waals surface area (Å²) in [6.45, 7) is 4.57. The van der Waals surface area contributed by atoms with Crippen LogP contribution in [0.5, 0.6) is 0 Å². The minimum Gasteiger partial charge on any atom is -0.356 e. The zero-order valence-electron chi connectivity index (χ0n) is 12.0. The predicted octanol–water partition coefficient (Wildman–Crippen LogP) is 1.79. The van der Waals surface area contributed by atoms with Crippen molar-refractivity contribution in [3.8, 4) is 0 Å². The van der Waals surface area contributed by atoms with Crippen LogP contribution in [0.15, 0.2) is 6.33 Å². The van der Waals surface area contributed by atoms with Crippen LogP contribution in [-0.2, 0) is 12.8 Å². The maximum atomic E-state index is 4.59. The lowest BCUT2D eigenvalue weighted by molar-refractivity contribution is 0.332. The summed E-state index contributed by atoms with van der Waals surface area (Å²) >= 11 is 0. The standard InChI is InChI=1S/C15H24N4/c1-11(16-2)12-5-4-8-19(9-12)15-13-6-3-7-14(13)17-10-18-15/h10-12,16H,3-9H2,1-2H3. The molecular formula is C15H24N4. The van der Waals surface area contributed by atoms with Crippen LogP contribution in [-0.4, -0.2) is 36.1 Å². The highest BCUT2D eigenvalue weighted by atomic mass is 15.2. The fraction of sp³-hybridized carbons (Fsp3) is 0.733. The van der Waals surface area contributed by atoms with Gasteiger partial charge in [0, 0.05) is 30.4 Å². The maximum Gasteiger partial charge on any atom is 0.135 e. The smallest absolute Gasteiger partial charge is 0.135 e. The molecule has 2 unspecified atom stereocenters. The van der Waals surface area contributed by atoms with E-state index in [1.807, 2.05) is 0 Å². The molecule has 0 spiro atoms. The van der Waals surface area contributed by atoms with Gasteiger partial charge >= 0.3 is 0 Å². The quantitative estimate of drug-likeness (QED) is 0.899. The molecule has 1 aromatic heterocycles. The van der Waals surface area contributed by atoms with E-state index in [2.05, 4.69) is 34.2 Å².